The van der Waals surface area contributed by atoms with Gasteiger partial charge < -0.3 is 19.5 Å². The molecule has 0 saturated carbocycles. The molecule has 1 aliphatic rings. The second-order valence-corrected chi connectivity index (χ2v) is 6.14. The number of carbonyl (C=O) groups excluding carboxylic acids is 1. The topological polar surface area (TPSA) is 71.4 Å². The number of nitrogens with zero attached hydrogens (tertiary/aromatic N) is 2. The van der Waals surface area contributed by atoms with Gasteiger partial charge in [0.1, 0.15) is 18.2 Å². The number of carbonyl (C=O) groups is 1. The summed E-state index contributed by atoms with van der Waals surface area (Å²) in [7, 11) is 0. The highest BCUT2D eigenvalue weighted by atomic mass is 16.5. The molecule has 0 bridgehead atoms. The summed E-state index contributed by atoms with van der Waals surface area (Å²) in [5.74, 6) is 1.27. The van der Waals surface area contributed by atoms with Gasteiger partial charge in [0.2, 0.25) is 0 Å². The minimum absolute atomic E-state index is 0.231. The second-order valence-electron chi connectivity index (χ2n) is 6.14. The Morgan fingerprint density at radius 2 is 2.04 bits per heavy atom. The van der Waals surface area contributed by atoms with E-state index in [1.165, 1.54) is 0 Å². The van der Waals surface area contributed by atoms with Gasteiger partial charge in [-0.2, -0.15) is 0 Å². The fourth-order valence-corrected chi connectivity index (χ4v) is 2.73. The van der Waals surface area contributed by atoms with Gasteiger partial charge in [0.05, 0.1) is 13.2 Å². The fraction of sp³-hybridized carbons (Fsp3) is 0.500. The Balaban J connectivity index is 1.79. The van der Waals surface area contributed by atoms with Crippen molar-refractivity contribution in [2.24, 2.45) is 4.99 Å². The smallest absolute Gasteiger partial charge is 0.335 e. The molecule has 1 unspecified atom stereocenters. The van der Waals surface area contributed by atoms with Crippen LogP contribution in [0.5, 0.6) is 5.75 Å². The Kier molecular flexibility index (Phi) is 7.66. The van der Waals surface area contributed by atoms with Gasteiger partial charge in [-0.15, -0.1) is 0 Å². The predicted molar refractivity (Wildman–Crippen MR) is 101 cm³/mol. The third-order valence-corrected chi connectivity index (χ3v) is 4.13. The standard InChI is InChI=1S/C20H28N2O4/c1-4-19-21-15(3)10-11-22(19)12-13-26-17-8-6-16(7-9-17)14-18(23)20(24)25-5-2/h6-10,18,23H,4-5,11-14H2,1-3H3. The predicted octanol–water partition coefficient (Wildman–Crippen LogP) is 2.56. The number of hydrogen-bond donors (Lipinski definition) is 1. The lowest BCUT2D eigenvalue weighted by Crippen LogP contribution is -2.36. The molecule has 0 saturated heterocycles. The number of allylic oxidation sites excluding steroid dienone is 1. The van der Waals surface area contributed by atoms with E-state index in [4.69, 9.17) is 9.47 Å². The van der Waals surface area contributed by atoms with E-state index in [0.717, 1.165) is 42.4 Å². The number of ether oxygens (including phenoxy) is 2. The number of aliphatic hydroxyl groups excluding tert-OH is 1. The van der Waals surface area contributed by atoms with Crippen LogP contribution < -0.4 is 4.74 Å². The van der Waals surface area contributed by atoms with E-state index in [2.05, 4.69) is 22.9 Å². The average molecular weight is 360 g/mol. The Morgan fingerprint density at radius 1 is 1.31 bits per heavy atom. The van der Waals surface area contributed by atoms with Gasteiger partial charge in [-0.05, 0) is 37.6 Å². The molecular formula is C20H28N2O4. The lowest BCUT2D eigenvalue weighted by atomic mass is 10.1. The van der Waals surface area contributed by atoms with Crippen LogP contribution in [0.25, 0.3) is 0 Å². The maximum atomic E-state index is 11.5. The zero-order valence-corrected chi connectivity index (χ0v) is 15.8. The van der Waals surface area contributed by atoms with Crippen LogP contribution in [0.4, 0.5) is 0 Å². The van der Waals surface area contributed by atoms with Crippen molar-refractivity contribution in [1.29, 1.82) is 0 Å². The van der Waals surface area contributed by atoms with Crippen molar-refractivity contribution in [2.75, 3.05) is 26.3 Å². The molecule has 1 N–H and O–H groups in total. The molecule has 1 aliphatic heterocycles. The molecule has 2 rings (SSSR count). The summed E-state index contributed by atoms with van der Waals surface area (Å²) < 4.78 is 10.6. The highest BCUT2D eigenvalue weighted by Crippen LogP contribution is 2.15. The van der Waals surface area contributed by atoms with Crippen molar-refractivity contribution < 1.29 is 19.4 Å². The Morgan fingerprint density at radius 3 is 2.69 bits per heavy atom. The summed E-state index contributed by atoms with van der Waals surface area (Å²) in [6, 6.07) is 7.40. The van der Waals surface area contributed by atoms with Gasteiger partial charge in [0, 0.05) is 25.1 Å². The molecule has 26 heavy (non-hydrogen) atoms. The Bertz CT molecular complexity index is 652. The molecule has 1 aromatic carbocycles. The lowest BCUT2D eigenvalue weighted by molar-refractivity contribution is -0.152. The van der Waals surface area contributed by atoms with Crippen LogP contribution in [0.2, 0.25) is 0 Å². The first-order chi connectivity index (χ1) is 12.5. The highest BCUT2D eigenvalue weighted by molar-refractivity contribution is 5.83. The third kappa shape index (κ3) is 5.88. The minimum atomic E-state index is -1.14. The van der Waals surface area contributed by atoms with Crippen molar-refractivity contribution in [3.05, 3.63) is 41.6 Å². The van der Waals surface area contributed by atoms with E-state index in [-0.39, 0.29) is 13.0 Å². The molecule has 0 spiro atoms. The van der Waals surface area contributed by atoms with Crippen LogP contribution in [-0.4, -0.2) is 54.2 Å². The Hall–Kier alpha value is -2.34. The molecule has 6 heteroatoms. The van der Waals surface area contributed by atoms with E-state index in [0.29, 0.717) is 6.61 Å². The minimum Gasteiger partial charge on any atom is -0.492 e. The van der Waals surface area contributed by atoms with Gasteiger partial charge in [-0.3, -0.25) is 0 Å². The van der Waals surface area contributed by atoms with Crippen LogP contribution in [-0.2, 0) is 16.0 Å². The zero-order chi connectivity index (χ0) is 18.9. The lowest BCUT2D eigenvalue weighted by Gasteiger charge is -2.27. The van der Waals surface area contributed by atoms with Gasteiger partial charge in [0.15, 0.2) is 6.10 Å². The van der Waals surface area contributed by atoms with E-state index in [9.17, 15) is 9.90 Å². The van der Waals surface area contributed by atoms with Crippen LogP contribution >= 0.6 is 0 Å². The molecule has 1 aromatic rings. The zero-order valence-electron chi connectivity index (χ0n) is 15.8. The quantitative estimate of drug-likeness (QED) is 0.685. The molecule has 0 aliphatic carbocycles. The number of esters is 1. The summed E-state index contributed by atoms with van der Waals surface area (Å²) in [6.45, 7) is 8.31. The number of aliphatic hydroxyl groups is 1. The van der Waals surface area contributed by atoms with Gasteiger partial charge in [-0.1, -0.05) is 19.1 Å². The summed E-state index contributed by atoms with van der Waals surface area (Å²) in [5, 5.41) is 9.80. The highest BCUT2D eigenvalue weighted by Gasteiger charge is 2.16. The SMILES string of the molecule is CCOC(=O)C(O)Cc1ccc(OCCN2CC=C(C)N=C2CC)cc1. The van der Waals surface area contributed by atoms with Crippen molar-refractivity contribution in [3.8, 4) is 5.75 Å². The second kappa shape index (κ2) is 9.97. The van der Waals surface area contributed by atoms with Gasteiger partial charge >= 0.3 is 5.97 Å². The number of rotatable bonds is 9. The van der Waals surface area contributed by atoms with Crippen molar-refractivity contribution in [2.45, 2.75) is 39.7 Å². The maximum absolute atomic E-state index is 11.5. The monoisotopic (exact) mass is 360 g/mol. The molecule has 0 amide bonds. The summed E-state index contributed by atoms with van der Waals surface area (Å²) >= 11 is 0. The van der Waals surface area contributed by atoms with Crippen LogP contribution in [0.15, 0.2) is 41.0 Å². The normalized spacial score (nSPS) is 15.2. The summed E-state index contributed by atoms with van der Waals surface area (Å²) in [5.41, 5.74) is 1.93. The Labute approximate surface area is 155 Å². The number of benzene rings is 1. The van der Waals surface area contributed by atoms with E-state index in [1.807, 2.05) is 31.2 Å². The van der Waals surface area contributed by atoms with Crippen LogP contribution in [0.3, 0.4) is 0 Å². The van der Waals surface area contributed by atoms with Gasteiger partial charge in [0.25, 0.3) is 0 Å². The van der Waals surface area contributed by atoms with E-state index >= 15 is 0 Å². The number of hydrogen-bond acceptors (Lipinski definition) is 6. The molecule has 0 aromatic heterocycles. The van der Waals surface area contributed by atoms with Crippen LogP contribution in [0, 0.1) is 0 Å². The first-order valence-corrected chi connectivity index (χ1v) is 9.09. The molecular weight excluding hydrogens is 332 g/mol. The third-order valence-electron chi connectivity index (χ3n) is 4.13. The van der Waals surface area contributed by atoms with E-state index in [1.54, 1.807) is 6.92 Å². The molecule has 0 radical (unpaired) electrons. The molecule has 1 heterocycles. The fourth-order valence-electron chi connectivity index (χ4n) is 2.73. The molecule has 0 fully saturated rings. The maximum Gasteiger partial charge on any atom is 0.335 e. The largest absolute Gasteiger partial charge is 0.492 e. The summed E-state index contributed by atoms with van der Waals surface area (Å²) in [6.07, 6.45) is 2.12. The summed E-state index contributed by atoms with van der Waals surface area (Å²) in [4.78, 5) is 18.2. The van der Waals surface area contributed by atoms with E-state index < -0.39 is 12.1 Å². The first kappa shape index (κ1) is 20.0. The number of amidine groups is 1. The van der Waals surface area contributed by atoms with Crippen molar-refractivity contribution in [1.82, 2.24) is 4.90 Å². The molecule has 1 atom stereocenters. The average Bonchev–Trinajstić information content (AvgIpc) is 2.64. The first-order valence-electron chi connectivity index (χ1n) is 9.09. The van der Waals surface area contributed by atoms with Crippen molar-refractivity contribution in [3.63, 3.8) is 0 Å². The van der Waals surface area contributed by atoms with Gasteiger partial charge in [-0.25, -0.2) is 9.79 Å². The number of aliphatic imine (C=N–C) groups is 1. The van der Waals surface area contributed by atoms with Crippen molar-refractivity contribution >= 4 is 11.8 Å². The molecule has 6 nitrogen and oxygen atoms in total. The molecule has 142 valence electrons. The van der Waals surface area contributed by atoms with Crippen LogP contribution in [0.1, 0.15) is 32.8 Å².